The van der Waals surface area contributed by atoms with E-state index in [2.05, 4.69) is 22.2 Å². The molecule has 82 valence electrons. The van der Waals surface area contributed by atoms with Crippen LogP contribution in [-0.2, 0) is 0 Å². The van der Waals surface area contributed by atoms with Gasteiger partial charge in [0.1, 0.15) is 5.82 Å². The van der Waals surface area contributed by atoms with Crippen LogP contribution in [0.4, 0.5) is 5.82 Å². The number of rotatable bonds is 3. The number of nitrogens with one attached hydrogen (secondary N) is 1. The number of aromatic nitrogens is 2. The maximum atomic E-state index is 4.31. The second-order valence-corrected chi connectivity index (χ2v) is 3.79. The van der Waals surface area contributed by atoms with Gasteiger partial charge in [-0.15, -0.1) is 0 Å². The van der Waals surface area contributed by atoms with Crippen molar-refractivity contribution < 1.29 is 0 Å². The Kier molecular flexibility index (Phi) is 3.15. The molecule has 0 saturated heterocycles. The van der Waals surface area contributed by atoms with E-state index in [4.69, 9.17) is 0 Å². The highest BCUT2D eigenvalue weighted by Crippen LogP contribution is 2.17. The number of hydrogen-bond acceptors (Lipinski definition) is 3. The average molecular weight is 213 g/mol. The van der Waals surface area contributed by atoms with Crippen LogP contribution in [-0.4, -0.2) is 9.97 Å². The summed E-state index contributed by atoms with van der Waals surface area (Å²) in [7, 11) is 0. The van der Waals surface area contributed by atoms with Crippen LogP contribution in [0.5, 0.6) is 0 Å². The normalized spacial score (nSPS) is 12.1. The Bertz CT molecular complexity index is 454. The molecule has 0 aliphatic carbocycles. The SMILES string of the molecule is Cc1cccnc1NC(C)c1ccccn1. The molecule has 1 unspecified atom stereocenters. The lowest BCUT2D eigenvalue weighted by molar-refractivity contribution is 0.830. The Hall–Kier alpha value is -1.90. The first-order chi connectivity index (χ1) is 7.77. The fraction of sp³-hybridized carbons (Fsp3) is 0.231. The molecular weight excluding hydrogens is 198 g/mol. The van der Waals surface area contributed by atoms with E-state index >= 15 is 0 Å². The minimum absolute atomic E-state index is 0.162. The van der Waals surface area contributed by atoms with Gasteiger partial charge in [-0.1, -0.05) is 12.1 Å². The number of nitrogens with zero attached hydrogens (tertiary/aromatic N) is 2. The van der Waals surface area contributed by atoms with Crippen LogP contribution in [0.25, 0.3) is 0 Å². The van der Waals surface area contributed by atoms with Crippen LogP contribution in [0.1, 0.15) is 24.2 Å². The minimum Gasteiger partial charge on any atom is -0.362 e. The number of hydrogen-bond donors (Lipinski definition) is 1. The summed E-state index contributed by atoms with van der Waals surface area (Å²) in [5, 5.41) is 3.35. The largest absolute Gasteiger partial charge is 0.362 e. The third-order valence-electron chi connectivity index (χ3n) is 2.49. The second-order valence-electron chi connectivity index (χ2n) is 3.79. The van der Waals surface area contributed by atoms with Crippen LogP contribution >= 0.6 is 0 Å². The van der Waals surface area contributed by atoms with Crippen molar-refractivity contribution in [3.05, 3.63) is 54.0 Å². The smallest absolute Gasteiger partial charge is 0.129 e. The van der Waals surface area contributed by atoms with E-state index in [-0.39, 0.29) is 6.04 Å². The average Bonchev–Trinajstić information content (AvgIpc) is 2.33. The van der Waals surface area contributed by atoms with Gasteiger partial charge in [-0.25, -0.2) is 4.98 Å². The molecule has 3 heteroatoms. The topological polar surface area (TPSA) is 37.8 Å². The van der Waals surface area contributed by atoms with Gasteiger partial charge >= 0.3 is 0 Å². The van der Waals surface area contributed by atoms with Gasteiger partial charge in [0.2, 0.25) is 0 Å². The molecule has 1 N–H and O–H groups in total. The van der Waals surface area contributed by atoms with E-state index in [9.17, 15) is 0 Å². The van der Waals surface area contributed by atoms with Gasteiger partial charge in [0, 0.05) is 12.4 Å². The summed E-state index contributed by atoms with van der Waals surface area (Å²) in [6.45, 7) is 4.12. The van der Waals surface area contributed by atoms with Gasteiger partial charge in [-0.3, -0.25) is 4.98 Å². The molecule has 0 bridgehead atoms. The summed E-state index contributed by atoms with van der Waals surface area (Å²) >= 11 is 0. The molecule has 0 radical (unpaired) electrons. The zero-order valence-corrected chi connectivity index (χ0v) is 9.51. The van der Waals surface area contributed by atoms with Crippen LogP contribution in [0, 0.1) is 6.92 Å². The molecule has 2 rings (SSSR count). The van der Waals surface area contributed by atoms with Crippen molar-refractivity contribution in [1.82, 2.24) is 9.97 Å². The highest BCUT2D eigenvalue weighted by Gasteiger charge is 2.07. The molecular formula is C13H15N3. The van der Waals surface area contributed by atoms with Crippen LogP contribution in [0.3, 0.4) is 0 Å². The Morgan fingerprint density at radius 2 is 1.88 bits per heavy atom. The molecule has 0 aromatic carbocycles. The molecule has 0 aliphatic heterocycles. The van der Waals surface area contributed by atoms with Gasteiger partial charge in [-0.05, 0) is 37.6 Å². The maximum absolute atomic E-state index is 4.31. The molecule has 0 fully saturated rings. The van der Waals surface area contributed by atoms with Crippen molar-refractivity contribution in [2.24, 2.45) is 0 Å². The molecule has 16 heavy (non-hydrogen) atoms. The lowest BCUT2D eigenvalue weighted by Gasteiger charge is -2.15. The summed E-state index contributed by atoms with van der Waals surface area (Å²) in [4.78, 5) is 8.62. The second kappa shape index (κ2) is 4.75. The third kappa shape index (κ3) is 2.37. The van der Waals surface area contributed by atoms with Gasteiger partial charge < -0.3 is 5.32 Å². The van der Waals surface area contributed by atoms with Crippen LogP contribution < -0.4 is 5.32 Å². The Balaban J connectivity index is 2.14. The summed E-state index contributed by atoms with van der Waals surface area (Å²) in [6, 6.07) is 10.1. The number of anilines is 1. The molecule has 0 amide bonds. The fourth-order valence-electron chi connectivity index (χ4n) is 1.55. The standard InChI is InChI=1S/C13H15N3/c1-10-6-5-9-15-13(10)16-11(2)12-7-3-4-8-14-12/h3-9,11H,1-2H3,(H,15,16). The van der Waals surface area contributed by atoms with Crippen molar-refractivity contribution in [3.63, 3.8) is 0 Å². The molecule has 3 nitrogen and oxygen atoms in total. The van der Waals surface area contributed by atoms with E-state index < -0.39 is 0 Å². The monoisotopic (exact) mass is 213 g/mol. The Morgan fingerprint density at radius 3 is 2.56 bits per heavy atom. The van der Waals surface area contributed by atoms with Crippen molar-refractivity contribution in [1.29, 1.82) is 0 Å². The lowest BCUT2D eigenvalue weighted by atomic mass is 10.2. The quantitative estimate of drug-likeness (QED) is 0.851. The van der Waals surface area contributed by atoms with Crippen molar-refractivity contribution in [2.75, 3.05) is 5.32 Å². The highest BCUT2D eigenvalue weighted by molar-refractivity contribution is 5.44. The van der Waals surface area contributed by atoms with Crippen molar-refractivity contribution >= 4 is 5.82 Å². The van der Waals surface area contributed by atoms with E-state index in [1.54, 1.807) is 12.4 Å². The van der Waals surface area contributed by atoms with E-state index in [1.165, 1.54) is 0 Å². The number of pyridine rings is 2. The van der Waals surface area contributed by atoms with Gasteiger partial charge in [0.15, 0.2) is 0 Å². The summed E-state index contributed by atoms with van der Waals surface area (Å²) in [5.41, 5.74) is 2.16. The molecule has 1 atom stereocenters. The lowest BCUT2D eigenvalue weighted by Crippen LogP contribution is -2.10. The minimum atomic E-state index is 0.162. The zero-order valence-electron chi connectivity index (χ0n) is 9.51. The molecule has 0 saturated carbocycles. The van der Waals surface area contributed by atoms with Crippen molar-refractivity contribution in [2.45, 2.75) is 19.9 Å². The summed E-state index contributed by atoms with van der Waals surface area (Å²) in [5.74, 6) is 0.917. The Labute approximate surface area is 95.6 Å². The molecule has 2 aromatic heterocycles. The molecule has 0 spiro atoms. The molecule has 0 aliphatic rings. The summed E-state index contributed by atoms with van der Waals surface area (Å²) < 4.78 is 0. The predicted octanol–water partition coefficient (Wildman–Crippen LogP) is 2.96. The van der Waals surface area contributed by atoms with E-state index in [1.807, 2.05) is 37.3 Å². The Morgan fingerprint density at radius 1 is 1.06 bits per heavy atom. The van der Waals surface area contributed by atoms with Crippen molar-refractivity contribution in [3.8, 4) is 0 Å². The van der Waals surface area contributed by atoms with Crippen LogP contribution in [0.2, 0.25) is 0 Å². The number of aryl methyl sites for hydroxylation is 1. The zero-order chi connectivity index (χ0) is 11.4. The third-order valence-corrected chi connectivity index (χ3v) is 2.49. The fourth-order valence-corrected chi connectivity index (χ4v) is 1.55. The molecule has 2 aromatic rings. The molecule has 2 heterocycles. The van der Waals surface area contributed by atoms with E-state index in [0.717, 1.165) is 17.1 Å². The van der Waals surface area contributed by atoms with Gasteiger partial charge in [0.25, 0.3) is 0 Å². The van der Waals surface area contributed by atoms with Crippen LogP contribution in [0.15, 0.2) is 42.7 Å². The van der Waals surface area contributed by atoms with Gasteiger partial charge in [-0.2, -0.15) is 0 Å². The predicted molar refractivity (Wildman–Crippen MR) is 65.2 cm³/mol. The highest BCUT2D eigenvalue weighted by atomic mass is 15.0. The summed E-state index contributed by atoms with van der Waals surface area (Å²) in [6.07, 6.45) is 3.60. The first-order valence-electron chi connectivity index (χ1n) is 5.36. The first kappa shape index (κ1) is 10.6. The van der Waals surface area contributed by atoms with Gasteiger partial charge in [0.05, 0.1) is 11.7 Å². The van der Waals surface area contributed by atoms with E-state index in [0.29, 0.717) is 0 Å². The maximum Gasteiger partial charge on any atom is 0.129 e. The first-order valence-corrected chi connectivity index (χ1v) is 5.36.